The monoisotopic (exact) mass is 263 g/mol. The van der Waals surface area contributed by atoms with Gasteiger partial charge in [0.25, 0.3) is 0 Å². The van der Waals surface area contributed by atoms with Crippen LogP contribution in [0.15, 0.2) is 18.7 Å². The molecule has 1 unspecified atom stereocenters. The van der Waals surface area contributed by atoms with Gasteiger partial charge in [0.15, 0.2) is 0 Å². The molecule has 0 aliphatic carbocycles. The topological polar surface area (TPSA) is 29.9 Å². The van der Waals surface area contributed by atoms with Gasteiger partial charge in [0.1, 0.15) is 0 Å². The van der Waals surface area contributed by atoms with Crippen molar-refractivity contribution in [2.75, 3.05) is 6.54 Å². The van der Waals surface area contributed by atoms with Gasteiger partial charge < -0.3 is 5.32 Å². The van der Waals surface area contributed by atoms with E-state index in [1.807, 2.05) is 11.7 Å². The molecule has 1 aromatic rings. The molecule has 0 saturated heterocycles. The first-order valence-electron chi connectivity index (χ1n) is 7.09. The zero-order chi connectivity index (χ0) is 14.7. The lowest BCUT2D eigenvalue weighted by Crippen LogP contribution is -2.43. The summed E-state index contributed by atoms with van der Waals surface area (Å²) in [7, 11) is 2.02. The molecule has 1 heterocycles. The predicted octanol–water partition coefficient (Wildman–Crippen LogP) is 3.11. The van der Waals surface area contributed by atoms with Crippen LogP contribution < -0.4 is 5.32 Å². The van der Waals surface area contributed by atoms with E-state index < -0.39 is 0 Å². The van der Waals surface area contributed by atoms with Crippen molar-refractivity contribution in [2.45, 2.75) is 53.0 Å². The summed E-state index contributed by atoms with van der Waals surface area (Å²) in [5, 5.41) is 8.09. The third kappa shape index (κ3) is 4.83. The summed E-state index contributed by atoms with van der Waals surface area (Å²) in [5.41, 5.74) is 2.61. The summed E-state index contributed by atoms with van der Waals surface area (Å²) in [5.74, 6) is 0. The number of aryl methyl sites for hydroxylation is 2. The van der Waals surface area contributed by atoms with E-state index in [0.717, 1.165) is 25.1 Å². The molecule has 1 atom stereocenters. The normalized spacial score (nSPS) is 15.3. The Morgan fingerprint density at radius 1 is 1.37 bits per heavy atom. The first-order chi connectivity index (χ1) is 8.69. The zero-order valence-corrected chi connectivity index (χ0v) is 13.4. The van der Waals surface area contributed by atoms with Gasteiger partial charge in [0, 0.05) is 30.2 Å². The quantitative estimate of drug-likeness (QED) is 0.799. The van der Waals surface area contributed by atoms with Gasteiger partial charge >= 0.3 is 0 Å². The molecular formula is C16H29N3. The maximum Gasteiger partial charge on any atom is 0.0624 e. The number of rotatable bonds is 6. The van der Waals surface area contributed by atoms with Crippen LogP contribution in [0.4, 0.5) is 0 Å². The molecule has 0 aromatic carbocycles. The summed E-state index contributed by atoms with van der Waals surface area (Å²) in [4.78, 5) is 0. The van der Waals surface area contributed by atoms with E-state index in [-0.39, 0.29) is 11.0 Å². The lowest BCUT2D eigenvalue weighted by atomic mass is 9.84. The van der Waals surface area contributed by atoms with Crippen LogP contribution in [0.25, 0.3) is 0 Å². The molecule has 19 heavy (non-hydrogen) atoms. The number of nitrogens with zero attached hydrogens (tertiary/aromatic N) is 2. The van der Waals surface area contributed by atoms with Gasteiger partial charge in [-0.1, -0.05) is 19.9 Å². The van der Waals surface area contributed by atoms with Gasteiger partial charge in [-0.2, -0.15) is 5.10 Å². The summed E-state index contributed by atoms with van der Waals surface area (Å²) in [6, 6.07) is 2.21. The van der Waals surface area contributed by atoms with E-state index in [9.17, 15) is 0 Å². The Balaban J connectivity index is 2.79. The number of hydrogen-bond acceptors (Lipinski definition) is 2. The van der Waals surface area contributed by atoms with Crippen LogP contribution in [-0.4, -0.2) is 21.9 Å². The molecule has 0 saturated carbocycles. The van der Waals surface area contributed by atoms with E-state index >= 15 is 0 Å². The standard InChI is InChI=1S/C16H29N3/c1-8-13-10-14(19(7)18-13)11-16(6,9-2)12-17-15(3,4)5/h9-10,17H,2,8,11-12H2,1,3-7H3. The largest absolute Gasteiger partial charge is 0.311 e. The molecule has 0 bridgehead atoms. The van der Waals surface area contributed by atoms with Gasteiger partial charge in [0.2, 0.25) is 0 Å². The van der Waals surface area contributed by atoms with Gasteiger partial charge in [-0.05, 0) is 39.7 Å². The summed E-state index contributed by atoms with van der Waals surface area (Å²) < 4.78 is 2.00. The van der Waals surface area contributed by atoms with Gasteiger partial charge in [0.05, 0.1) is 5.69 Å². The lowest BCUT2D eigenvalue weighted by Gasteiger charge is -2.31. The molecule has 3 heteroatoms. The minimum Gasteiger partial charge on any atom is -0.311 e. The minimum atomic E-state index is 0.0477. The molecule has 0 amide bonds. The second-order valence-corrected chi connectivity index (χ2v) is 6.74. The molecule has 108 valence electrons. The Labute approximate surface area is 118 Å². The highest BCUT2D eigenvalue weighted by Crippen LogP contribution is 2.24. The Morgan fingerprint density at radius 2 is 2.00 bits per heavy atom. The summed E-state index contributed by atoms with van der Waals surface area (Å²) in [6.45, 7) is 15.9. The second kappa shape index (κ2) is 5.91. The average molecular weight is 263 g/mol. The highest BCUT2D eigenvalue weighted by atomic mass is 15.3. The van der Waals surface area contributed by atoms with Crippen molar-refractivity contribution >= 4 is 0 Å². The summed E-state index contributed by atoms with van der Waals surface area (Å²) >= 11 is 0. The Kier molecular flexibility index (Phi) is 4.97. The van der Waals surface area contributed by atoms with Crippen LogP contribution in [0, 0.1) is 5.41 Å². The molecule has 1 rings (SSSR count). The van der Waals surface area contributed by atoms with Crippen molar-refractivity contribution in [1.82, 2.24) is 15.1 Å². The zero-order valence-electron chi connectivity index (χ0n) is 13.4. The van der Waals surface area contributed by atoms with Gasteiger partial charge in [-0.3, -0.25) is 4.68 Å². The predicted molar refractivity (Wildman–Crippen MR) is 82.3 cm³/mol. The van der Waals surface area contributed by atoms with E-state index in [1.165, 1.54) is 5.69 Å². The molecule has 0 fully saturated rings. The average Bonchev–Trinajstić information content (AvgIpc) is 2.67. The van der Waals surface area contributed by atoms with E-state index in [0.29, 0.717) is 0 Å². The molecule has 0 aliphatic heterocycles. The third-order valence-electron chi connectivity index (χ3n) is 3.49. The molecule has 0 aliphatic rings. The van der Waals surface area contributed by atoms with E-state index in [2.05, 4.69) is 63.8 Å². The number of aromatic nitrogens is 2. The Hall–Kier alpha value is -1.09. The van der Waals surface area contributed by atoms with Crippen molar-refractivity contribution in [2.24, 2.45) is 12.5 Å². The highest BCUT2D eigenvalue weighted by Gasteiger charge is 2.24. The first kappa shape index (κ1) is 16.0. The van der Waals surface area contributed by atoms with E-state index in [4.69, 9.17) is 0 Å². The van der Waals surface area contributed by atoms with Crippen LogP contribution >= 0.6 is 0 Å². The van der Waals surface area contributed by atoms with Crippen LogP contribution in [0.5, 0.6) is 0 Å². The SMILES string of the molecule is C=CC(C)(CNC(C)(C)C)Cc1cc(CC)nn1C. The van der Waals surface area contributed by atoms with Crippen molar-refractivity contribution in [3.05, 3.63) is 30.1 Å². The minimum absolute atomic E-state index is 0.0477. The molecule has 0 radical (unpaired) electrons. The second-order valence-electron chi connectivity index (χ2n) is 6.74. The molecule has 1 N–H and O–H groups in total. The Morgan fingerprint density at radius 3 is 2.42 bits per heavy atom. The smallest absolute Gasteiger partial charge is 0.0624 e. The third-order valence-corrected chi connectivity index (χ3v) is 3.49. The number of nitrogens with one attached hydrogen (secondary N) is 1. The first-order valence-corrected chi connectivity index (χ1v) is 7.09. The van der Waals surface area contributed by atoms with Crippen molar-refractivity contribution < 1.29 is 0 Å². The van der Waals surface area contributed by atoms with Crippen molar-refractivity contribution in [3.8, 4) is 0 Å². The maximum atomic E-state index is 4.52. The fraction of sp³-hybridized carbons (Fsp3) is 0.688. The lowest BCUT2D eigenvalue weighted by molar-refractivity contribution is 0.318. The van der Waals surface area contributed by atoms with Crippen molar-refractivity contribution in [1.29, 1.82) is 0 Å². The number of hydrogen-bond donors (Lipinski definition) is 1. The van der Waals surface area contributed by atoms with Crippen molar-refractivity contribution in [3.63, 3.8) is 0 Å². The van der Waals surface area contributed by atoms with Gasteiger partial charge in [-0.15, -0.1) is 6.58 Å². The molecule has 3 nitrogen and oxygen atoms in total. The molecule has 1 aromatic heterocycles. The Bertz CT molecular complexity index is 426. The van der Waals surface area contributed by atoms with Gasteiger partial charge in [-0.25, -0.2) is 0 Å². The van der Waals surface area contributed by atoms with E-state index in [1.54, 1.807) is 0 Å². The maximum absolute atomic E-state index is 4.52. The van der Waals surface area contributed by atoms with Crippen LogP contribution in [-0.2, 0) is 19.9 Å². The van der Waals surface area contributed by atoms with Crippen LogP contribution in [0.3, 0.4) is 0 Å². The molecular weight excluding hydrogens is 234 g/mol. The van der Waals surface area contributed by atoms with Crippen LogP contribution in [0.2, 0.25) is 0 Å². The fourth-order valence-corrected chi connectivity index (χ4v) is 2.00. The fourth-order valence-electron chi connectivity index (χ4n) is 2.00. The molecule has 0 spiro atoms. The van der Waals surface area contributed by atoms with Crippen LogP contribution in [0.1, 0.15) is 46.0 Å². The summed E-state index contributed by atoms with van der Waals surface area (Å²) in [6.07, 6.45) is 4.01. The highest BCUT2D eigenvalue weighted by molar-refractivity contribution is 5.14.